The molecule has 3 rings (SSSR count). The van der Waals surface area contributed by atoms with Crippen LogP contribution in [0, 0.1) is 13.8 Å². The van der Waals surface area contributed by atoms with Gasteiger partial charge >= 0.3 is 0 Å². The summed E-state index contributed by atoms with van der Waals surface area (Å²) < 4.78 is 1.15. The lowest BCUT2D eigenvalue weighted by Crippen LogP contribution is -2.48. The molecule has 1 heterocycles. The SMILES string of the molecule is Cc1ccc(C)c(C(=O)N2CCN(Cc3ccccc3Br)CC2)c1. The first kappa shape index (κ1) is 17.2. The molecule has 1 aliphatic rings. The van der Waals surface area contributed by atoms with E-state index in [9.17, 15) is 4.79 Å². The van der Waals surface area contributed by atoms with Gasteiger partial charge in [0.15, 0.2) is 0 Å². The van der Waals surface area contributed by atoms with Gasteiger partial charge in [0.1, 0.15) is 0 Å². The van der Waals surface area contributed by atoms with E-state index in [4.69, 9.17) is 0 Å². The Balaban J connectivity index is 1.61. The van der Waals surface area contributed by atoms with Gasteiger partial charge in [0.25, 0.3) is 5.91 Å². The Morgan fingerprint density at radius 2 is 1.75 bits per heavy atom. The quantitative estimate of drug-likeness (QED) is 0.794. The Morgan fingerprint density at radius 1 is 1.04 bits per heavy atom. The molecule has 1 aliphatic heterocycles. The van der Waals surface area contributed by atoms with E-state index in [2.05, 4.69) is 45.1 Å². The highest BCUT2D eigenvalue weighted by atomic mass is 79.9. The molecule has 0 saturated carbocycles. The molecule has 0 bridgehead atoms. The van der Waals surface area contributed by atoms with E-state index in [-0.39, 0.29) is 5.91 Å². The molecule has 126 valence electrons. The van der Waals surface area contributed by atoms with E-state index < -0.39 is 0 Å². The summed E-state index contributed by atoms with van der Waals surface area (Å²) in [4.78, 5) is 17.2. The van der Waals surface area contributed by atoms with Gasteiger partial charge in [-0.15, -0.1) is 0 Å². The second-order valence-electron chi connectivity index (χ2n) is 6.48. The van der Waals surface area contributed by atoms with E-state index in [1.165, 1.54) is 5.56 Å². The van der Waals surface area contributed by atoms with Crippen LogP contribution in [0.2, 0.25) is 0 Å². The van der Waals surface area contributed by atoms with Crippen LogP contribution in [0.3, 0.4) is 0 Å². The van der Waals surface area contributed by atoms with Gasteiger partial charge in [-0.3, -0.25) is 9.69 Å². The fraction of sp³-hybridized carbons (Fsp3) is 0.350. The number of carbonyl (C=O) groups excluding carboxylic acids is 1. The molecule has 0 radical (unpaired) electrons. The summed E-state index contributed by atoms with van der Waals surface area (Å²) in [5, 5.41) is 0. The summed E-state index contributed by atoms with van der Waals surface area (Å²) in [7, 11) is 0. The van der Waals surface area contributed by atoms with Crippen LogP contribution in [-0.2, 0) is 6.54 Å². The summed E-state index contributed by atoms with van der Waals surface area (Å²) in [5.41, 5.74) is 4.33. The van der Waals surface area contributed by atoms with E-state index in [1.807, 2.05) is 36.9 Å². The predicted molar refractivity (Wildman–Crippen MR) is 101 cm³/mol. The number of hydrogen-bond donors (Lipinski definition) is 0. The maximum atomic E-state index is 12.8. The molecule has 2 aromatic rings. The predicted octanol–water partition coefficient (Wildman–Crippen LogP) is 4.02. The van der Waals surface area contributed by atoms with Crippen LogP contribution in [0.1, 0.15) is 27.0 Å². The number of amides is 1. The zero-order valence-electron chi connectivity index (χ0n) is 14.3. The first-order valence-electron chi connectivity index (χ1n) is 8.37. The monoisotopic (exact) mass is 386 g/mol. The minimum Gasteiger partial charge on any atom is -0.336 e. The molecule has 2 aromatic carbocycles. The minimum atomic E-state index is 0.164. The van der Waals surface area contributed by atoms with Crippen molar-refractivity contribution in [3.8, 4) is 0 Å². The third-order valence-electron chi connectivity index (χ3n) is 4.63. The summed E-state index contributed by atoms with van der Waals surface area (Å²) in [6.45, 7) is 8.37. The zero-order valence-corrected chi connectivity index (χ0v) is 15.8. The Hall–Kier alpha value is -1.65. The largest absolute Gasteiger partial charge is 0.336 e. The maximum absolute atomic E-state index is 12.8. The number of piperazine rings is 1. The Kier molecular flexibility index (Phi) is 5.36. The highest BCUT2D eigenvalue weighted by Crippen LogP contribution is 2.19. The fourth-order valence-electron chi connectivity index (χ4n) is 3.11. The first-order chi connectivity index (χ1) is 11.5. The molecule has 0 N–H and O–H groups in total. The van der Waals surface area contributed by atoms with Crippen molar-refractivity contribution in [3.05, 3.63) is 69.2 Å². The molecule has 0 atom stereocenters. The highest BCUT2D eigenvalue weighted by Gasteiger charge is 2.23. The molecule has 1 saturated heterocycles. The smallest absolute Gasteiger partial charge is 0.254 e. The lowest BCUT2D eigenvalue weighted by molar-refractivity contribution is 0.0627. The van der Waals surface area contributed by atoms with E-state index in [0.29, 0.717) is 0 Å². The summed E-state index contributed by atoms with van der Waals surface area (Å²) in [6, 6.07) is 14.4. The van der Waals surface area contributed by atoms with Gasteiger partial charge < -0.3 is 4.90 Å². The van der Waals surface area contributed by atoms with Crippen molar-refractivity contribution < 1.29 is 4.79 Å². The van der Waals surface area contributed by atoms with Crippen LogP contribution in [0.25, 0.3) is 0 Å². The molecular weight excluding hydrogens is 364 g/mol. The van der Waals surface area contributed by atoms with Crippen molar-refractivity contribution in [2.45, 2.75) is 20.4 Å². The normalized spacial score (nSPS) is 15.5. The molecule has 1 amide bonds. The van der Waals surface area contributed by atoms with Gasteiger partial charge in [0.05, 0.1) is 0 Å². The third kappa shape index (κ3) is 3.87. The highest BCUT2D eigenvalue weighted by molar-refractivity contribution is 9.10. The second kappa shape index (κ2) is 7.49. The standard InChI is InChI=1S/C20H23BrN2O/c1-15-7-8-16(2)18(13-15)20(24)23-11-9-22(10-12-23)14-17-5-3-4-6-19(17)21/h3-8,13H,9-12,14H2,1-2H3. The number of aryl methyl sites for hydroxylation is 2. The number of benzene rings is 2. The number of nitrogens with zero attached hydrogens (tertiary/aromatic N) is 2. The van der Waals surface area contributed by atoms with Gasteiger partial charge in [-0.1, -0.05) is 51.8 Å². The molecule has 0 aliphatic carbocycles. The van der Waals surface area contributed by atoms with Crippen LogP contribution in [0.4, 0.5) is 0 Å². The van der Waals surface area contributed by atoms with Crippen molar-refractivity contribution in [2.24, 2.45) is 0 Å². The fourth-order valence-corrected chi connectivity index (χ4v) is 3.52. The lowest BCUT2D eigenvalue weighted by atomic mass is 10.0. The first-order valence-corrected chi connectivity index (χ1v) is 9.16. The molecule has 0 unspecified atom stereocenters. The Bertz CT molecular complexity index is 736. The van der Waals surface area contributed by atoms with E-state index in [0.717, 1.165) is 53.9 Å². The summed E-state index contributed by atoms with van der Waals surface area (Å²) in [6.07, 6.45) is 0. The van der Waals surface area contributed by atoms with Crippen LogP contribution < -0.4 is 0 Å². The van der Waals surface area contributed by atoms with Gasteiger partial charge in [-0.2, -0.15) is 0 Å². The zero-order chi connectivity index (χ0) is 17.1. The van der Waals surface area contributed by atoms with Gasteiger partial charge in [0, 0.05) is 42.8 Å². The molecule has 24 heavy (non-hydrogen) atoms. The second-order valence-corrected chi connectivity index (χ2v) is 7.33. The van der Waals surface area contributed by atoms with Crippen LogP contribution in [-0.4, -0.2) is 41.9 Å². The number of carbonyl (C=O) groups is 1. The average molecular weight is 387 g/mol. The number of halogens is 1. The van der Waals surface area contributed by atoms with Crippen LogP contribution in [0.15, 0.2) is 46.9 Å². The topological polar surface area (TPSA) is 23.6 Å². The number of hydrogen-bond acceptors (Lipinski definition) is 2. The van der Waals surface area contributed by atoms with Gasteiger partial charge in [-0.25, -0.2) is 0 Å². The molecular formula is C20H23BrN2O. The van der Waals surface area contributed by atoms with E-state index >= 15 is 0 Å². The third-order valence-corrected chi connectivity index (χ3v) is 5.41. The van der Waals surface area contributed by atoms with Crippen molar-refractivity contribution in [3.63, 3.8) is 0 Å². The average Bonchev–Trinajstić information content (AvgIpc) is 2.59. The lowest BCUT2D eigenvalue weighted by Gasteiger charge is -2.35. The minimum absolute atomic E-state index is 0.164. The summed E-state index contributed by atoms with van der Waals surface area (Å²) in [5.74, 6) is 0.164. The van der Waals surface area contributed by atoms with Crippen molar-refractivity contribution in [1.29, 1.82) is 0 Å². The van der Waals surface area contributed by atoms with Crippen molar-refractivity contribution >= 4 is 21.8 Å². The maximum Gasteiger partial charge on any atom is 0.254 e. The van der Waals surface area contributed by atoms with Crippen molar-refractivity contribution in [1.82, 2.24) is 9.80 Å². The molecule has 4 heteroatoms. The molecule has 0 aromatic heterocycles. The van der Waals surface area contributed by atoms with Crippen LogP contribution >= 0.6 is 15.9 Å². The van der Waals surface area contributed by atoms with Gasteiger partial charge in [-0.05, 0) is 37.1 Å². The van der Waals surface area contributed by atoms with Crippen LogP contribution in [0.5, 0.6) is 0 Å². The van der Waals surface area contributed by atoms with E-state index in [1.54, 1.807) is 0 Å². The number of rotatable bonds is 3. The molecule has 0 spiro atoms. The van der Waals surface area contributed by atoms with Gasteiger partial charge in [0.2, 0.25) is 0 Å². The molecule has 3 nitrogen and oxygen atoms in total. The van der Waals surface area contributed by atoms with Crippen molar-refractivity contribution in [2.75, 3.05) is 26.2 Å². The Labute approximate surface area is 152 Å². The Morgan fingerprint density at radius 3 is 2.46 bits per heavy atom. The molecule has 1 fully saturated rings. The summed E-state index contributed by atoms with van der Waals surface area (Å²) >= 11 is 3.61.